The third-order valence-electron chi connectivity index (χ3n) is 3.57. The summed E-state index contributed by atoms with van der Waals surface area (Å²) < 4.78 is 7.05. The smallest absolute Gasteiger partial charge is 0.153 e. The lowest BCUT2D eigenvalue weighted by Crippen LogP contribution is -2.15. The number of methoxy groups -OCH3 is 1. The van der Waals surface area contributed by atoms with Crippen LogP contribution in [-0.4, -0.2) is 33.5 Å². The average molecular weight is 258 g/mol. The predicted octanol–water partition coefficient (Wildman–Crippen LogP) is 2.12. The highest BCUT2D eigenvalue weighted by Gasteiger charge is 2.26. The van der Waals surface area contributed by atoms with E-state index in [2.05, 4.69) is 10.1 Å². The van der Waals surface area contributed by atoms with Crippen molar-refractivity contribution in [2.45, 2.75) is 31.6 Å². The Balaban J connectivity index is 1.93. The molecule has 5 nitrogen and oxygen atoms in total. The summed E-state index contributed by atoms with van der Waals surface area (Å²) in [6.45, 7) is 0.654. The lowest BCUT2D eigenvalue weighted by Gasteiger charge is -2.24. The van der Waals surface area contributed by atoms with Crippen molar-refractivity contribution in [3.63, 3.8) is 0 Å². The summed E-state index contributed by atoms with van der Waals surface area (Å²) in [5.41, 5.74) is 0.987. The molecule has 19 heavy (non-hydrogen) atoms. The topological polar surface area (TPSA) is 52.8 Å². The fraction of sp³-hybridized carbons (Fsp3) is 0.500. The molecule has 2 aromatic heterocycles. The van der Waals surface area contributed by atoms with Crippen molar-refractivity contribution in [2.24, 2.45) is 0 Å². The van der Waals surface area contributed by atoms with Crippen molar-refractivity contribution >= 4 is 0 Å². The zero-order chi connectivity index (χ0) is 13.1. The number of rotatable bonds is 5. The molecule has 0 spiro atoms. The summed E-state index contributed by atoms with van der Waals surface area (Å²) in [5, 5.41) is 4.61. The van der Waals surface area contributed by atoms with Crippen molar-refractivity contribution in [3.05, 3.63) is 36.2 Å². The van der Waals surface area contributed by atoms with Crippen LogP contribution >= 0.6 is 0 Å². The SMILES string of the molecule is COCCc1nc(C2CCC2)n(-c2cccnc2)n1. The molecule has 1 aliphatic rings. The molecule has 2 aromatic rings. The number of nitrogens with zero attached hydrogens (tertiary/aromatic N) is 4. The molecule has 0 radical (unpaired) electrons. The summed E-state index contributed by atoms with van der Waals surface area (Å²) in [7, 11) is 1.70. The zero-order valence-electron chi connectivity index (χ0n) is 11.1. The van der Waals surface area contributed by atoms with E-state index >= 15 is 0 Å². The van der Waals surface area contributed by atoms with Crippen molar-refractivity contribution in [1.82, 2.24) is 19.7 Å². The van der Waals surface area contributed by atoms with Crippen LogP contribution in [0.4, 0.5) is 0 Å². The second-order valence-electron chi connectivity index (χ2n) is 4.88. The van der Waals surface area contributed by atoms with Crippen LogP contribution in [0, 0.1) is 0 Å². The fourth-order valence-electron chi connectivity index (χ4n) is 2.27. The Morgan fingerprint density at radius 3 is 2.95 bits per heavy atom. The Morgan fingerprint density at radius 2 is 2.32 bits per heavy atom. The normalized spacial score (nSPS) is 15.4. The summed E-state index contributed by atoms with van der Waals surface area (Å²) >= 11 is 0. The van der Waals surface area contributed by atoms with Crippen molar-refractivity contribution in [3.8, 4) is 5.69 Å². The Labute approximate surface area is 112 Å². The maximum Gasteiger partial charge on any atom is 0.153 e. The maximum absolute atomic E-state index is 5.10. The van der Waals surface area contributed by atoms with Gasteiger partial charge in [-0.25, -0.2) is 9.67 Å². The average Bonchev–Trinajstić information content (AvgIpc) is 2.79. The van der Waals surface area contributed by atoms with E-state index < -0.39 is 0 Å². The third-order valence-corrected chi connectivity index (χ3v) is 3.57. The Morgan fingerprint density at radius 1 is 1.42 bits per heavy atom. The lowest BCUT2D eigenvalue weighted by atomic mass is 9.85. The quantitative estimate of drug-likeness (QED) is 0.824. The number of hydrogen-bond donors (Lipinski definition) is 0. The minimum Gasteiger partial charge on any atom is -0.384 e. The summed E-state index contributed by atoms with van der Waals surface area (Å²) in [6.07, 6.45) is 8.07. The van der Waals surface area contributed by atoms with E-state index in [9.17, 15) is 0 Å². The molecule has 100 valence electrons. The van der Waals surface area contributed by atoms with Gasteiger partial charge in [0.05, 0.1) is 18.5 Å². The molecule has 0 aliphatic heterocycles. The Kier molecular flexibility index (Phi) is 3.55. The van der Waals surface area contributed by atoms with E-state index in [4.69, 9.17) is 9.72 Å². The van der Waals surface area contributed by atoms with Gasteiger partial charge in [-0.1, -0.05) is 6.42 Å². The highest BCUT2D eigenvalue weighted by molar-refractivity contribution is 5.29. The molecule has 0 N–H and O–H groups in total. The number of aromatic nitrogens is 4. The fourth-order valence-corrected chi connectivity index (χ4v) is 2.27. The summed E-state index contributed by atoms with van der Waals surface area (Å²) in [6, 6.07) is 3.94. The largest absolute Gasteiger partial charge is 0.384 e. The van der Waals surface area contributed by atoms with Crippen molar-refractivity contribution < 1.29 is 4.74 Å². The minimum absolute atomic E-state index is 0.545. The van der Waals surface area contributed by atoms with Gasteiger partial charge in [0.2, 0.25) is 0 Å². The van der Waals surface area contributed by atoms with Crippen LogP contribution in [0.25, 0.3) is 5.69 Å². The van der Waals surface area contributed by atoms with E-state index in [0.29, 0.717) is 12.5 Å². The van der Waals surface area contributed by atoms with Gasteiger partial charge in [-0.05, 0) is 25.0 Å². The Hall–Kier alpha value is -1.75. The highest BCUT2D eigenvalue weighted by atomic mass is 16.5. The molecule has 0 bridgehead atoms. The van der Waals surface area contributed by atoms with Gasteiger partial charge in [0.15, 0.2) is 5.82 Å². The van der Waals surface area contributed by atoms with Gasteiger partial charge < -0.3 is 4.74 Å². The van der Waals surface area contributed by atoms with Crippen molar-refractivity contribution in [1.29, 1.82) is 0 Å². The van der Waals surface area contributed by atoms with E-state index in [-0.39, 0.29) is 0 Å². The molecule has 2 heterocycles. The van der Waals surface area contributed by atoms with E-state index in [1.54, 1.807) is 13.3 Å². The lowest BCUT2D eigenvalue weighted by molar-refractivity contribution is 0.200. The van der Waals surface area contributed by atoms with E-state index in [1.165, 1.54) is 19.3 Å². The minimum atomic E-state index is 0.545. The van der Waals surface area contributed by atoms with Gasteiger partial charge >= 0.3 is 0 Å². The molecule has 1 fully saturated rings. The number of ether oxygens (including phenoxy) is 1. The number of pyridine rings is 1. The molecule has 0 aromatic carbocycles. The molecular weight excluding hydrogens is 240 g/mol. The molecule has 3 rings (SSSR count). The highest BCUT2D eigenvalue weighted by Crippen LogP contribution is 2.36. The molecule has 1 saturated carbocycles. The molecule has 5 heteroatoms. The molecule has 0 saturated heterocycles. The van der Waals surface area contributed by atoms with Gasteiger partial charge in [0.25, 0.3) is 0 Å². The first kappa shape index (κ1) is 12.3. The molecule has 0 amide bonds. The first-order chi connectivity index (χ1) is 9.38. The maximum atomic E-state index is 5.10. The van der Waals surface area contributed by atoms with Crippen LogP contribution < -0.4 is 0 Å². The first-order valence-electron chi connectivity index (χ1n) is 6.73. The van der Waals surface area contributed by atoms with Crippen LogP contribution in [-0.2, 0) is 11.2 Å². The van der Waals surface area contributed by atoms with E-state index in [0.717, 1.165) is 23.8 Å². The molecular formula is C14H18N4O. The van der Waals surface area contributed by atoms with Crippen LogP contribution in [0.2, 0.25) is 0 Å². The molecule has 1 aliphatic carbocycles. The van der Waals surface area contributed by atoms with Crippen LogP contribution in [0.5, 0.6) is 0 Å². The predicted molar refractivity (Wildman–Crippen MR) is 71.3 cm³/mol. The monoisotopic (exact) mass is 258 g/mol. The Bertz CT molecular complexity index is 534. The molecule has 0 unspecified atom stereocenters. The zero-order valence-corrected chi connectivity index (χ0v) is 11.1. The molecule has 0 atom stereocenters. The van der Waals surface area contributed by atoms with Gasteiger partial charge in [-0.3, -0.25) is 4.98 Å². The summed E-state index contributed by atoms with van der Waals surface area (Å²) in [4.78, 5) is 8.85. The second kappa shape index (κ2) is 5.48. The second-order valence-corrected chi connectivity index (χ2v) is 4.88. The van der Waals surface area contributed by atoms with Crippen molar-refractivity contribution in [2.75, 3.05) is 13.7 Å². The van der Waals surface area contributed by atoms with Crippen LogP contribution in [0.15, 0.2) is 24.5 Å². The first-order valence-corrected chi connectivity index (χ1v) is 6.73. The number of hydrogen-bond acceptors (Lipinski definition) is 4. The van der Waals surface area contributed by atoms with Crippen LogP contribution in [0.3, 0.4) is 0 Å². The van der Waals surface area contributed by atoms with Gasteiger partial charge in [-0.15, -0.1) is 0 Å². The van der Waals surface area contributed by atoms with Gasteiger partial charge in [0, 0.05) is 25.6 Å². The standard InChI is InChI=1S/C14H18N4O/c1-19-9-7-13-16-14(11-4-2-5-11)18(17-13)12-6-3-8-15-10-12/h3,6,8,10-11H,2,4-5,7,9H2,1H3. The van der Waals surface area contributed by atoms with Crippen LogP contribution in [0.1, 0.15) is 36.8 Å². The van der Waals surface area contributed by atoms with Gasteiger partial charge in [0.1, 0.15) is 5.82 Å². The van der Waals surface area contributed by atoms with E-state index in [1.807, 2.05) is 23.0 Å². The van der Waals surface area contributed by atoms with Gasteiger partial charge in [-0.2, -0.15) is 5.10 Å². The summed E-state index contributed by atoms with van der Waals surface area (Å²) in [5.74, 6) is 2.47. The third kappa shape index (κ3) is 2.51.